The van der Waals surface area contributed by atoms with Crippen molar-refractivity contribution in [1.29, 1.82) is 0 Å². The van der Waals surface area contributed by atoms with Crippen LogP contribution in [0.4, 0.5) is 0 Å². The molecule has 1 saturated heterocycles. The average Bonchev–Trinajstić information content (AvgIpc) is 2.41. The van der Waals surface area contributed by atoms with Crippen LogP contribution in [0.15, 0.2) is 18.2 Å². The van der Waals surface area contributed by atoms with Crippen LogP contribution in [0.3, 0.4) is 0 Å². The highest BCUT2D eigenvalue weighted by Crippen LogP contribution is 2.17. The Morgan fingerprint density at radius 1 is 1.32 bits per heavy atom. The molecule has 0 radical (unpaired) electrons. The molecule has 2 rings (SSSR count). The molecular weight excluding hydrogens is 232 g/mol. The van der Waals surface area contributed by atoms with Gasteiger partial charge in [-0.25, -0.2) is 0 Å². The van der Waals surface area contributed by atoms with E-state index in [2.05, 4.69) is 49.2 Å². The molecule has 2 nitrogen and oxygen atoms in total. The third kappa shape index (κ3) is 4.32. The number of nitrogens with one attached hydrogen (secondary N) is 1. The second-order valence-electron chi connectivity index (χ2n) is 5.96. The first kappa shape index (κ1) is 14.5. The summed E-state index contributed by atoms with van der Waals surface area (Å²) in [7, 11) is 0. The summed E-state index contributed by atoms with van der Waals surface area (Å²) in [6.45, 7) is 11.4. The maximum atomic E-state index is 3.67. The quantitative estimate of drug-likeness (QED) is 0.874. The topological polar surface area (TPSA) is 15.3 Å². The lowest BCUT2D eigenvalue weighted by Gasteiger charge is -2.33. The summed E-state index contributed by atoms with van der Waals surface area (Å²) in [4.78, 5) is 2.61. The Labute approximate surface area is 118 Å². The monoisotopic (exact) mass is 260 g/mol. The third-order valence-corrected chi connectivity index (χ3v) is 4.09. The second-order valence-corrected chi connectivity index (χ2v) is 5.96. The number of likely N-dealkylation sites (tertiary alicyclic amines) is 1. The van der Waals surface area contributed by atoms with Crippen LogP contribution >= 0.6 is 0 Å². The highest BCUT2D eigenvalue weighted by Gasteiger charge is 2.19. The van der Waals surface area contributed by atoms with Crippen molar-refractivity contribution in [3.8, 4) is 0 Å². The Balaban J connectivity index is 1.93. The van der Waals surface area contributed by atoms with Crippen LogP contribution in [0.5, 0.6) is 0 Å². The zero-order chi connectivity index (χ0) is 13.7. The first-order valence-electron chi connectivity index (χ1n) is 7.71. The molecule has 0 saturated carbocycles. The van der Waals surface area contributed by atoms with Crippen molar-refractivity contribution in [2.75, 3.05) is 19.6 Å². The van der Waals surface area contributed by atoms with Gasteiger partial charge in [0.05, 0.1) is 0 Å². The lowest BCUT2D eigenvalue weighted by atomic mass is 10.0. The molecule has 1 atom stereocenters. The van der Waals surface area contributed by atoms with Crippen molar-refractivity contribution in [2.45, 2.75) is 52.6 Å². The van der Waals surface area contributed by atoms with E-state index in [-0.39, 0.29) is 0 Å². The maximum Gasteiger partial charge on any atom is 0.0237 e. The largest absolute Gasteiger partial charge is 0.313 e. The fraction of sp³-hybridized carbons (Fsp3) is 0.647. The Hall–Kier alpha value is -0.860. The lowest BCUT2D eigenvalue weighted by molar-refractivity contribution is 0.183. The van der Waals surface area contributed by atoms with Gasteiger partial charge < -0.3 is 5.32 Å². The molecule has 0 aliphatic carbocycles. The molecule has 1 heterocycles. The number of nitrogens with zero attached hydrogens (tertiary/aromatic N) is 1. The van der Waals surface area contributed by atoms with Crippen molar-refractivity contribution < 1.29 is 0 Å². The van der Waals surface area contributed by atoms with Crippen LogP contribution in [-0.2, 0) is 6.54 Å². The minimum absolute atomic E-state index is 0.693. The van der Waals surface area contributed by atoms with E-state index in [0.29, 0.717) is 6.04 Å². The Morgan fingerprint density at radius 2 is 2.16 bits per heavy atom. The van der Waals surface area contributed by atoms with E-state index in [1.807, 2.05) is 0 Å². The molecule has 19 heavy (non-hydrogen) atoms. The molecule has 2 heteroatoms. The van der Waals surface area contributed by atoms with Crippen molar-refractivity contribution in [1.82, 2.24) is 10.2 Å². The van der Waals surface area contributed by atoms with E-state index in [1.54, 1.807) is 0 Å². The number of rotatable bonds is 5. The van der Waals surface area contributed by atoms with Gasteiger partial charge in [0.25, 0.3) is 0 Å². The van der Waals surface area contributed by atoms with Gasteiger partial charge in [0.1, 0.15) is 0 Å². The molecule has 1 aliphatic rings. The molecule has 1 aromatic rings. The summed E-state index contributed by atoms with van der Waals surface area (Å²) in [5.41, 5.74) is 4.30. The smallest absolute Gasteiger partial charge is 0.0237 e. The zero-order valence-electron chi connectivity index (χ0n) is 12.7. The molecule has 1 N–H and O–H groups in total. The number of benzene rings is 1. The van der Waals surface area contributed by atoms with E-state index < -0.39 is 0 Å². The minimum atomic E-state index is 0.693. The van der Waals surface area contributed by atoms with Crippen molar-refractivity contribution in [3.63, 3.8) is 0 Å². The van der Waals surface area contributed by atoms with E-state index in [1.165, 1.54) is 49.0 Å². The second kappa shape index (κ2) is 7.06. The van der Waals surface area contributed by atoms with E-state index in [4.69, 9.17) is 0 Å². The molecule has 0 spiro atoms. The molecule has 1 fully saturated rings. The summed E-state index contributed by atoms with van der Waals surface area (Å²) in [5, 5.41) is 3.67. The van der Waals surface area contributed by atoms with Crippen LogP contribution in [0.2, 0.25) is 0 Å². The van der Waals surface area contributed by atoms with Gasteiger partial charge in [0.15, 0.2) is 0 Å². The standard InChI is InChI=1S/C17H28N2/c1-4-9-18-17-6-5-10-19(13-17)12-16-11-14(2)7-8-15(16)3/h7-8,11,17-18H,4-6,9-10,12-13H2,1-3H3. The van der Waals surface area contributed by atoms with Crippen LogP contribution in [-0.4, -0.2) is 30.6 Å². The molecule has 0 amide bonds. The minimum Gasteiger partial charge on any atom is -0.313 e. The summed E-state index contributed by atoms with van der Waals surface area (Å²) >= 11 is 0. The summed E-state index contributed by atoms with van der Waals surface area (Å²) in [6.07, 6.45) is 3.89. The lowest BCUT2D eigenvalue weighted by Crippen LogP contribution is -2.45. The van der Waals surface area contributed by atoms with E-state index >= 15 is 0 Å². The van der Waals surface area contributed by atoms with Gasteiger partial charge in [-0.05, 0) is 57.3 Å². The van der Waals surface area contributed by atoms with Gasteiger partial charge in [-0.2, -0.15) is 0 Å². The highest BCUT2D eigenvalue weighted by molar-refractivity contribution is 5.30. The summed E-state index contributed by atoms with van der Waals surface area (Å²) in [6, 6.07) is 7.50. The SMILES string of the molecule is CCCNC1CCCN(Cc2cc(C)ccc2C)C1. The normalized spacial score (nSPS) is 20.7. The average molecular weight is 260 g/mol. The van der Waals surface area contributed by atoms with Crippen LogP contribution in [0, 0.1) is 13.8 Å². The number of piperidine rings is 1. The predicted molar refractivity (Wildman–Crippen MR) is 82.5 cm³/mol. The molecule has 1 unspecified atom stereocenters. The van der Waals surface area contributed by atoms with Gasteiger partial charge >= 0.3 is 0 Å². The van der Waals surface area contributed by atoms with Crippen molar-refractivity contribution in [2.24, 2.45) is 0 Å². The first-order chi connectivity index (χ1) is 9.19. The van der Waals surface area contributed by atoms with Gasteiger partial charge in [-0.15, -0.1) is 0 Å². The van der Waals surface area contributed by atoms with E-state index in [0.717, 1.165) is 13.1 Å². The molecule has 1 aliphatic heterocycles. The highest BCUT2D eigenvalue weighted by atomic mass is 15.2. The van der Waals surface area contributed by atoms with Crippen LogP contribution in [0.25, 0.3) is 0 Å². The van der Waals surface area contributed by atoms with Gasteiger partial charge in [0, 0.05) is 19.1 Å². The summed E-state index contributed by atoms with van der Waals surface area (Å²) in [5.74, 6) is 0. The molecule has 106 valence electrons. The third-order valence-electron chi connectivity index (χ3n) is 4.09. The molecule has 1 aromatic carbocycles. The Kier molecular flexibility index (Phi) is 5.41. The zero-order valence-corrected chi connectivity index (χ0v) is 12.7. The molecular formula is C17H28N2. The number of aryl methyl sites for hydroxylation is 2. The van der Waals surface area contributed by atoms with Crippen molar-refractivity contribution in [3.05, 3.63) is 34.9 Å². The Morgan fingerprint density at radius 3 is 2.95 bits per heavy atom. The number of hydrogen-bond donors (Lipinski definition) is 1. The van der Waals surface area contributed by atoms with Gasteiger partial charge in [-0.3, -0.25) is 4.90 Å². The maximum absolute atomic E-state index is 3.67. The van der Waals surface area contributed by atoms with Crippen molar-refractivity contribution >= 4 is 0 Å². The van der Waals surface area contributed by atoms with Crippen LogP contribution < -0.4 is 5.32 Å². The molecule has 0 bridgehead atoms. The first-order valence-corrected chi connectivity index (χ1v) is 7.71. The van der Waals surface area contributed by atoms with Crippen LogP contribution in [0.1, 0.15) is 42.9 Å². The predicted octanol–water partition coefficient (Wildman–Crippen LogP) is 3.27. The van der Waals surface area contributed by atoms with Gasteiger partial charge in [-0.1, -0.05) is 30.7 Å². The number of hydrogen-bond acceptors (Lipinski definition) is 2. The van der Waals surface area contributed by atoms with Gasteiger partial charge in [0.2, 0.25) is 0 Å². The fourth-order valence-corrected chi connectivity index (χ4v) is 2.93. The fourth-order valence-electron chi connectivity index (χ4n) is 2.93. The van der Waals surface area contributed by atoms with E-state index in [9.17, 15) is 0 Å². The Bertz CT molecular complexity index is 400. The molecule has 0 aromatic heterocycles. The summed E-state index contributed by atoms with van der Waals surface area (Å²) < 4.78 is 0.